The summed E-state index contributed by atoms with van der Waals surface area (Å²) in [6.45, 7) is 0. The third kappa shape index (κ3) is 3.09. The van der Waals surface area contributed by atoms with Gasteiger partial charge in [0.05, 0.1) is 11.8 Å². The number of nitrogens with zero attached hydrogens (tertiary/aromatic N) is 3. The maximum Gasteiger partial charge on any atom is 0.238 e. The minimum atomic E-state index is -0.316. The quantitative estimate of drug-likeness (QED) is 0.683. The standard InChI is InChI=1S/C16H11IN4O/c17-12-4-5-15-20-14(10-21(15)9-12)11-2-1-3-13(8-11)19-16(22)6-7-18/h1-5,8-10H,6H2,(H,19,22). The van der Waals surface area contributed by atoms with Crippen molar-refractivity contribution in [2.45, 2.75) is 6.42 Å². The first-order valence-corrected chi connectivity index (χ1v) is 7.65. The van der Waals surface area contributed by atoms with Gasteiger partial charge in [0.25, 0.3) is 0 Å². The molecule has 0 bridgehead atoms. The van der Waals surface area contributed by atoms with Gasteiger partial charge in [-0.15, -0.1) is 0 Å². The number of anilines is 1. The van der Waals surface area contributed by atoms with Gasteiger partial charge in [0.1, 0.15) is 12.1 Å². The molecule has 0 radical (unpaired) electrons. The number of hydrogen-bond donors (Lipinski definition) is 1. The van der Waals surface area contributed by atoms with Crippen LogP contribution >= 0.6 is 22.6 Å². The van der Waals surface area contributed by atoms with Crippen molar-refractivity contribution in [1.82, 2.24) is 9.38 Å². The maximum atomic E-state index is 11.5. The zero-order valence-corrected chi connectivity index (χ0v) is 13.6. The fraction of sp³-hybridized carbons (Fsp3) is 0.0625. The van der Waals surface area contributed by atoms with Crippen molar-refractivity contribution in [3.63, 3.8) is 0 Å². The Kier molecular flexibility index (Phi) is 4.06. The van der Waals surface area contributed by atoms with Crippen LogP contribution < -0.4 is 5.32 Å². The van der Waals surface area contributed by atoms with E-state index in [-0.39, 0.29) is 12.3 Å². The second-order valence-corrected chi connectivity index (χ2v) is 5.95. The molecule has 0 saturated carbocycles. The molecular formula is C16H11IN4O. The van der Waals surface area contributed by atoms with Gasteiger partial charge in [0.15, 0.2) is 0 Å². The summed E-state index contributed by atoms with van der Waals surface area (Å²) >= 11 is 2.26. The van der Waals surface area contributed by atoms with Crippen LogP contribution in [0.5, 0.6) is 0 Å². The lowest BCUT2D eigenvalue weighted by Crippen LogP contribution is -2.09. The summed E-state index contributed by atoms with van der Waals surface area (Å²) in [5.74, 6) is -0.316. The topological polar surface area (TPSA) is 70.2 Å². The normalized spacial score (nSPS) is 10.4. The number of nitrogens with one attached hydrogen (secondary N) is 1. The molecule has 1 N–H and O–H groups in total. The average Bonchev–Trinajstić information content (AvgIpc) is 2.90. The van der Waals surface area contributed by atoms with Crippen LogP contribution in [0.3, 0.4) is 0 Å². The van der Waals surface area contributed by atoms with E-state index in [1.165, 1.54) is 0 Å². The molecule has 0 fully saturated rings. The number of hydrogen-bond acceptors (Lipinski definition) is 3. The Hall–Kier alpha value is -2.40. The summed E-state index contributed by atoms with van der Waals surface area (Å²) < 4.78 is 3.10. The van der Waals surface area contributed by atoms with Crippen LogP contribution in [0, 0.1) is 14.9 Å². The van der Waals surface area contributed by atoms with Crippen LogP contribution in [0.15, 0.2) is 48.8 Å². The third-order valence-corrected chi connectivity index (χ3v) is 3.73. The fourth-order valence-corrected chi connectivity index (χ4v) is 2.62. The number of pyridine rings is 1. The molecular weight excluding hydrogens is 391 g/mol. The first kappa shape index (κ1) is 14.5. The van der Waals surface area contributed by atoms with Crippen molar-refractivity contribution in [1.29, 1.82) is 5.26 Å². The van der Waals surface area contributed by atoms with Crippen LogP contribution in [0.2, 0.25) is 0 Å². The molecule has 0 spiro atoms. The minimum absolute atomic E-state index is 0.156. The number of halogens is 1. The van der Waals surface area contributed by atoms with E-state index in [2.05, 4.69) is 32.9 Å². The lowest BCUT2D eigenvalue weighted by Gasteiger charge is -2.04. The molecule has 5 nitrogen and oxygen atoms in total. The van der Waals surface area contributed by atoms with Gasteiger partial charge in [-0.3, -0.25) is 4.79 Å². The molecule has 3 aromatic rings. The van der Waals surface area contributed by atoms with Crippen molar-refractivity contribution in [3.8, 4) is 17.3 Å². The molecule has 0 aliphatic rings. The predicted octanol–water partition coefficient (Wildman–Crippen LogP) is 3.46. The molecule has 3 rings (SSSR count). The van der Waals surface area contributed by atoms with Gasteiger partial charge in [-0.25, -0.2) is 4.98 Å². The predicted molar refractivity (Wildman–Crippen MR) is 92.2 cm³/mol. The van der Waals surface area contributed by atoms with Crippen molar-refractivity contribution in [2.75, 3.05) is 5.32 Å². The number of carbonyl (C=O) groups excluding carboxylic acids is 1. The molecule has 2 aromatic heterocycles. The summed E-state index contributed by atoms with van der Waals surface area (Å²) in [6.07, 6.45) is 3.80. The SMILES string of the molecule is N#CCC(=O)Nc1cccc(-c2cn3cc(I)ccc3n2)c1. The van der Waals surface area contributed by atoms with Crippen LogP contribution in [0.25, 0.3) is 16.9 Å². The Morgan fingerprint density at radius 1 is 1.32 bits per heavy atom. The number of benzene rings is 1. The molecule has 1 aromatic carbocycles. The third-order valence-electron chi connectivity index (χ3n) is 3.10. The summed E-state index contributed by atoms with van der Waals surface area (Å²) in [7, 11) is 0. The molecule has 0 saturated heterocycles. The fourth-order valence-electron chi connectivity index (χ4n) is 2.14. The van der Waals surface area contributed by atoms with Gasteiger partial charge in [0, 0.05) is 27.2 Å². The molecule has 0 aliphatic carbocycles. The van der Waals surface area contributed by atoms with Crippen molar-refractivity contribution in [2.24, 2.45) is 0 Å². The van der Waals surface area contributed by atoms with E-state index < -0.39 is 0 Å². The summed E-state index contributed by atoms with van der Waals surface area (Å²) in [5, 5.41) is 11.2. The summed E-state index contributed by atoms with van der Waals surface area (Å²) in [6, 6.07) is 13.2. The molecule has 6 heteroatoms. The van der Waals surface area contributed by atoms with E-state index in [4.69, 9.17) is 5.26 Å². The zero-order valence-electron chi connectivity index (χ0n) is 11.5. The smallest absolute Gasteiger partial charge is 0.238 e. The van der Waals surface area contributed by atoms with Crippen LogP contribution in [-0.2, 0) is 4.79 Å². The van der Waals surface area contributed by atoms with Crippen molar-refractivity contribution < 1.29 is 4.79 Å². The summed E-state index contributed by atoms with van der Waals surface area (Å²) in [4.78, 5) is 16.1. The highest BCUT2D eigenvalue weighted by Gasteiger charge is 2.07. The maximum absolute atomic E-state index is 11.5. The average molecular weight is 402 g/mol. The van der Waals surface area contributed by atoms with Gasteiger partial charge < -0.3 is 9.72 Å². The Morgan fingerprint density at radius 2 is 2.18 bits per heavy atom. The number of rotatable bonds is 3. The van der Waals surface area contributed by atoms with Crippen molar-refractivity contribution >= 4 is 39.8 Å². The molecule has 1 amide bonds. The number of aromatic nitrogens is 2. The molecule has 22 heavy (non-hydrogen) atoms. The second kappa shape index (κ2) is 6.15. The number of amides is 1. The second-order valence-electron chi connectivity index (χ2n) is 4.70. The lowest BCUT2D eigenvalue weighted by atomic mass is 10.1. The van der Waals surface area contributed by atoms with Crippen LogP contribution in [-0.4, -0.2) is 15.3 Å². The number of fused-ring (bicyclic) bond motifs is 1. The zero-order chi connectivity index (χ0) is 15.5. The van der Waals surface area contributed by atoms with Gasteiger partial charge in [-0.2, -0.15) is 5.26 Å². The Balaban J connectivity index is 1.93. The van der Waals surface area contributed by atoms with E-state index in [9.17, 15) is 4.79 Å². The molecule has 0 unspecified atom stereocenters. The summed E-state index contributed by atoms with van der Waals surface area (Å²) in [5.41, 5.74) is 3.27. The van der Waals surface area contributed by atoms with Crippen LogP contribution in [0.1, 0.15) is 6.42 Å². The van der Waals surface area contributed by atoms with E-state index >= 15 is 0 Å². The van der Waals surface area contributed by atoms with Gasteiger partial charge in [-0.05, 0) is 46.9 Å². The first-order valence-electron chi connectivity index (χ1n) is 6.57. The minimum Gasteiger partial charge on any atom is -0.325 e. The molecule has 2 heterocycles. The van der Waals surface area contributed by atoms with E-state index in [1.807, 2.05) is 53.2 Å². The van der Waals surface area contributed by atoms with Crippen molar-refractivity contribution in [3.05, 3.63) is 52.4 Å². The first-order chi connectivity index (χ1) is 10.7. The lowest BCUT2D eigenvalue weighted by molar-refractivity contribution is -0.115. The van der Waals surface area contributed by atoms with Gasteiger partial charge >= 0.3 is 0 Å². The molecule has 0 aliphatic heterocycles. The Morgan fingerprint density at radius 3 is 3.00 bits per heavy atom. The highest BCUT2D eigenvalue weighted by atomic mass is 127. The van der Waals surface area contributed by atoms with E-state index in [1.54, 1.807) is 6.07 Å². The largest absolute Gasteiger partial charge is 0.325 e. The number of nitriles is 1. The van der Waals surface area contributed by atoms with Gasteiger partial charge in [0.2, 0.25) is 5.91 Å². The number of carbonyl (C=O) groups is 1. The monoisotopic (exact) mass is 402 g/mol. The molecule has 108 valence electrons. The highest BCUT2D eigenvalue weighted by Crippen LogP contribution is 2.23. The molecule has 0 atom stereocenters. The number of imidazole rings is 1. The highest BCUT2D eigenvalue weighted by molar-refractivity contribution is 14.1. The van der Waals surface area contributed by atoms with E-state index in [0.29, 0.717) is 5.69 Å². The van der Waals surface area contributed by atoms with Gasteiger partial charge in [-0.1, -0.05) is 12.1 Å². The Bertz CT molecular complexity index is 895. The van der Waals surface area contributed by atoms with E-state index in [0.717, 1.165) is 20.5 Å². The van der Waals surface area contributed by atoms with Crippen LogP contribution in [0.4, 0.5) is 5.69 Å². The Labute approximate surface area is 140 Å².